The molecule has 1 aliphatic heterocycles. The molecule has 0 saturated carbocycles. The topological polar surface area (TPSA) is 63.4 Å². The number of halogens is 1. The van der Waals surface area contributed by atoms with Crippen LogP contribution in [0.2, 0.25) is 0 Å². The molecule has 1 fully saturated rings. The summed E-state index contributed by atoms with van der Waals surface area (Å²) in [5.41, 5.74) is 7.73. The van der Waals surface area contributed by atoms with Crippen molar-refractivity contribution in [3.63, 3.8) is 0 Å². The Morgan fingerprint density at radius 2 is 1.61 bits per heavy atom. The summed E-state index contributed by atoms with van der Waals surface area (Å²) in [6.07, 6.45) is 0.845. The van der Waals surface area contributed by atoms with Crippen LogP contribution in [0.5, 0.6) is 0 Å². The lowest BCUT2D eigenvalue weighted by molar-refractivity contribution is 0.459. The first-order valence-electron chi connectivity index (χ1n) is 7.47. The maximum Gasteiger partial charge on any atom is 0.243 e. The predicted octanol–water partition coefficient (Wildman–Crippen LogP) is 2.74. The third-order valence-corrected chi connectivity index (χ3v) is 6.06. The van der Waals surface area contributed by atoms with E-state index in [2.05, 4.69) is 0 Å². The molecule has 0 radical (unpaired) electrons. The van der Waals surface area contributed by atoms with Crippen LogP contribution in [-0.2, 0) is 10.0 Å². The average Bonchev–Trinajstić information content (AvgIpc) is 3.06. The molecule has 2 aromatic carbocycles. The fourth-order valence-corrected chi connectivity index (χ4v) is 4.34. The van der Waals surface area contributed by atoms with Crippen molar-refractivity contribution < 1.29 is 8.42 Å². The van der Waals surface area contributed by atoms with Gasteiger partial charge in [0, 0.05) is 13.1 Å². The van der Waals surface area contributed by atoms with Gasteiger partial charge in [-0.05, 0) is 42.1 Å². The number of rotatable bonds is 4. The molecule has 1 unspecified atom stereocenters. The van der Waals surface area contributed by atoms with Crippen LogP contribution < -0.4 is 5.73 Å². The third kappa shape index (κ3) is 3.75. The number of benzene rings is 2. The van der Waals surface area contributed by atoms with E-state index in [0.717, 1.165) is 17.5 Å². The molecule has 4 nitrogen and oxygen atoms in total. The molecular formula is C17H21ClN2O2S. The Balaban J connectivity index is 0.00000192. The van der Waals surface area contributed by atoms with Gasteiger partial charge in [0.2, 0.25) is 10.0 Å². The number of hydrogen-bond acceptors (Lipinski definition) is 3. The largest absolute Gasteiger partial charge is 0.330 e. The first kappa shape index (κ1) is 17.9. The van der Waals surface area contributed by atoms with Gasteiger partial charge in [0.05, 0.1) is 4.90 Å². The van der Waals surface area contributed by atoms with Gasteiger partial charge in [0.1, 0.15) is 0 Å². The van der Waals surface area contributed by atoms with Gasteiger partial charge in [0.15, 0.2) is 0 Å². The summed E-state index contributed by atoms with van der Waals surface area (Å²) in [5.74, 6) is 0.276. The Bertz CT molecular complexity index is 733. The Labute approximate surface area is 143 Å². The van der Waals surface area contributed by atoms with Crippen molar-refractivity contribution in [3.8, 4) is 11.1 Å². The van der Waals surface area contributed by atoms with E-state index in [9.17, 15) is 8.42 Å². The summed E-state index contributed by atoms with van der Waals surface area (Å²) < 4.78 is 26.8. The van der Waals surface area contributed by atoms with Crippen molar-refractivity contribution in [2.24, 2.45) is 11.7 Å². The lowest BCUT2D eigenvalue weighted by Crippen LogP contribution is -2.30. The zero-order valence-corrected chi connectivity index (χ0v) is 14.4. The molecule has 1 atom stereocenters. The van der Waals surface area contributed by atoms with Crippen molar-refractivity contribution in [2.45, 2.75) is 11.3 Å². The highest BCUT2D eigenvalue weighted by atomic mass is 35.5. The fraction of sp³-hybridized carbons (Fsp3) is 0.294. The quantitative estimate of drug-likeness (QED) is 0.920. The minimum atomic E-state index is -3.40. The van der Waals surface area contributed by atoms with E-state index in [4.69, 9.17) is 5.73 Å². The standard InChI is InChI=1S/C17H20N2O2S.ClH/c18-12-14-10-11-19(13-14)22(20,21)17-8-6-16(7-9-17)15-4-2-1-3-5-15;/h1-9,14H,10-13,18H2;1H. The minimum Gasteiger partial charge on any atom is -0.330 e. The van der Waals surface area contributed by atoms with Crippen molar-refractivity contribution >= 4 is 22.4 Å². The van der Waals surface area contributed by atoms with Gasteiger partial charge in [0.25, 0.3) is 0 Å². The summed E-state index contributed by atoms with van der Waals surface area (Å²) >= 11 is 0. The summed E-state index contributed by atoms with van der Waals surface area (Å²) in [7, 11) is -3.40. The molecule has 0 aliphatic carbocycles. The molecular weight excluding hydrogens is 332 g/mol. The molecule has 1 aliphatic rings. The number of nitrogens with zero attached hydrogens (tertiary/aromatic N) is 1. The molecule has 6 heteroatoms. The summed E-state index contributed by atoms with van der Waals surface area (Å²) in [6.45, 7) is 1.63. The SMILES string of the molecule is Cl.NCC1CCN(S(=O)(=O)c2ccc(-c3ccccc3)cc2)C1. The number of sulfonamides is 1. The maximum atomic E-state index is 12.6. The highest BCUT2D eigenvalue weighted by Crippen LogP contribution is 2.26. The van der Waals surface area contributed by atoms with Gasteiger partial charge in [-0.25, -0.2) is 8.42 Å². The zero-order valence-electron chi connectivity index (χ0n) is 12.8. The molecule has 124 valence electrons. The van der Waals surface area contributed by atoms with E-state index in [-0.39, 0.29) is 18.3 Å². The van der Waals surface area contributed by atoms with Crippen LogP contribution >= 0.6 is 12.4 Å². The van der Waals surface area contributed by atoms with Gasteiger partial charge >= 0.3 is 0 Å². The Morgan fingerprint density at radius 1 is 1.00 bits per heavy atom. The summed E-state index contributed by atoms with van der Waals surface area (Å²) in [6, 6.07) is 17.0. The van der Waals surface area contributed by atoms with E-state index in [1.165, 1.54) is 0 Å². The van der Waals surface area contributed by atoms with Gasteiger partial charge in [-0.1, -0.05) is 42.5 Å². The van der Waals surface area contributed by atoms with E-state index >= 15 is 0 Å². The molecule has 0 bridgehead atoms. The van der Waals surface area contributed by atoms with Crippen LogP contribution in [0, 0.1) is 5.92 Å². The monoisotopic (exact) mass is 352 g/mol. The van der Waals surface area contributed by atoms with Crippen LogP contribution in [-0.4, -0.2) is 32.4 Å². The van der Waals surface area contributed by atoms with Gasteiger partial charge in [-0.15, -0.1) is 12.4 Å². The highest BCUT2D eigenvalue weighted by Gasteiger charge is 2.31. The van der Waals surface area contributed by atoms with Crippen molar-refractivity contribution in [1.29, 1.82) is 0 Å². The molecule has 0 amide bonds. The molecule has 0 spiro atoms. The van der Waals surface area contributed by atoms with Gasteiger partial charge < -0.3 is 5.73 Å². The van der Waals surface area contributed by atoms with Gasteiger partial charge in [-0.2, -0.15) is 4.31 Å². The van der Waals surface area contributed by atoms with Crippen LogP contribution in [0.4, 0.5) is 0 Å². The molecule has 3 rings (SSSR count). The fourth-order valence-electron chi connectivity index (χ4n) is 2.81. The van der Waals surface area contributed by atoms with Crippen molar-refractivity contribution in [3.05, 3.63) is 54.6 Å². The van der Waals surface area contributed by atoms with E-state index in [1.807, 2.05) is 42.5 Å². The molecule has 23 heavy (non-hydrogen) atoms. The average molecular weight is 353 g/mol. The van der Waals surface area contributed by atoms with Crippen molar-refractivity contribution in [2.75, 3.05) is 19.6 Å². The van der Waals surface area contributed by atoms with Crippen LogP contribution in [0.25, 0.3) is 11.1 Å². The molecule has 0 aromatic heterocycles. The second-order valence-electron chi connectivity index (χ2n) is 5.64. The van der Waals surface area contributed by atoms with Gasteiger partial charge in [-0.3, -0.25) is 0 Å². The predicted molar refractivity (Wildman–Crippen MR) is 95.0 cm³/mol. The summed E-state index contributed by atoms with van der Waals surface area (Å²) in [5, 5.41) is 0. The number of hydrogen-bond donors (Lipinski definition) is 1. The zero-order chi connectivity index (χ0) is 15.6. The van der Waals surface area contributed by atoms with Crippen molar-refractivity contribution in [1.82, 2.24) is 4.31 Å². The van der Waals surface area contributed by atoms with E-state index < -0.39 is 10.0 Å². The van der Waals surface area contributed by atoms with Crippen LogP contribution in [0.15, 0.2) is 59.5 Å². The van der Waals surface area contributed by atoms with Crippen LogP contribution in [0.3, 0.4) is 0 Å². The smallest absolute Gasteiger partial charge is 0.243 e. The molecule has 1 saturated heterocycles. The molecule has 2 N–H and O–H groups in total. The van der Waals surface area contributed by atoms with E-state index in [1.54, 1.807) is 16.4 Å². The maximum absolute atomic E-state index is 12.6. The Morgan fingerprint density at radius 3 is 2.17 bits per heavy atom. The first-order valence-corrected chi connectivity index (χ1v) is 8.91. The summed E-state index contributed by atoms with van der Waals surface area (Å²) in [4.78, 5) is 0.352. The highest BCUT2D eigenvalue weighted by molar-refractivity contribution is 7.89. The van der Waals surface area contributed by atoms with E-state index in [0.29, 0.717) is 24.5 Å². The normalized spacial score (nSPS) is 18.6. The minimum absolute atomic E-state index is 0. The number of nitrogens with two attached hydrogens (primary N) is 1. The third-order valence-electron chi connectivity index (χ3n) is 4.18. The first-order chi connectivity index (χ1) is 10.6. The second kappa shape index (κ2) is 7.45. The Hall–Kier alpha value is -1.40. The molecule has 2 aromatic rings. The Kier molecular flexibility index (Phi) is 5.81. The lowest BCUT2D eigenvalue weighted by Gasteiger charge is -2.16. The van der Waals surface area contributed by atoms with Crippen LogP contribution in [0.1, 0.15) is 6.42 Å². The molecule has 1 heterocycles. The second-order valence-corrected chi connectivity index (χ2v) is 7.58. The lowest BCUT2D eigenvalue weighted by atomic mass is 10.1.